The topological polar surface area (TPSA) is 35.2 Å². The van der Waals surface area contributed by atoms with Crippen LogP contribution in [-0.2, 0) is 5.41 Å². The van der Waals surface area contributed by atoms with Gasteiger partial charge >= 0.3 is 6.36 Å². The highest BCUT2D eigenvalue weighted by Gasteiger charge is 2.31. The maximum Gasteiger partial charge on any atom is 0.573 e. The molecule has 0 saturated carbocycles. The summed E-state index contributed by atoms with van der Waals surface area (Å²) >= 11 is 0. The first kappa shape index (κ1) is 16.2. The van der Waals surface area contributed by atoms with E-state index in [0.29, 0.717) is 0 Å². The number of hydrogen-bond acceptors (Lipinski definition) is 2. The lowest BCUT2D eigenvalue weighted by atomic mass is 9.86. The molecule has 2 N–H and O–H groups in total. The largest absolute Gasteiger partial charge is 0.573 e. The van der Waals surface area contributed by atoms with E-state index in [1.165, 1.54) is 17.7 Å². The highest BCUT2D eigenvalue weighted by molar-refractivity contribution is 5.71. The summed E-state index contributed by atoms with van der Waals surface area (Å²) in [6.45, 7) is 6.34. The maximum absolute atomic E-state index is 12.2. The molecule has 2 aromatic carbocycles. The van der Waals surface area contributed by atoms with Gasteiger partial charge in [-0.1, -0.05) is 51.1 Å². The van der Waals surface area contributed by atoms with Crippen molar-refractivity contribution in [3.8, 4) is 16.9 Å². The first-order valence-electron chi connectivity index (χ1n) is 6.82. The third kappa shape index (κ3) is 3.93. The van der Waals surface area contributed by atoms with E-state index in [2.05, 4.69) is 25.5 Å². The van der Waals surface area contributed by atoms with Crippen LogP contribution in [0.25, 0.3) is 11.1 Å². The lowest BCUT2D eigenvalue weighted by Crippen LogP contribution is -2.18. The van der Waals surface area contributed by atoms with Crippen LogP contribution < -0.4 is 10.5 Å². The Morgan fingerprint density at radius 1 is 0.864 bits per heavy atom. The number of hydrogen-bond donors (Lipinski definition) is 1. The van der Waals surface area contributed by atoms with Crippen molar-refractivity contribution in [2.75, 3.05) is 5.73 Å². The molecule has 22 heavy (non-hydrogen) atoms. The number of nitrogens with two attached hydrogens (primary N) is 1. The maximum atomic E-state index is 12.2. The van der Waals surface area contributed by atoms with Crippen LogP contribution >= 0.6 is 0 Å². The normalized spacial score (nSPS) is 12.3. The fraction of sp³-hybridized carbons (Fsp3) is 0.294. The molecule has 2 rings (SSSR count). The zero-order valence-electron chi connectivity index (χ0n) is 12.7. The molecule has 2 nitrogen and oxygen atoms in total. The van der Waals surface area contributed by atoms with Gasteiger partial charge in [0.2, 0.25) is 0 Å². The van der Waals surface area contributed by atoms with Crippen molar-refractivity contribution < 1.29 is 17.9 Å². The molecule has 0 radical (unpaired) electrons. The Labute approximate surface area is 127 Å². The molecule has 0 fully saturated rings. The van der Waals surface area contributed by atoms with Crippen molar-refractivity contribution in [1.29, 1.82) is 0 Å². The standard InChI is InChI=1S/C17H18F3NO/c1-16(2,3)13-7-4-11(5-8-13)12-6-9-15(14(21)10-12)22-17(18,19)20/h4-10H,21H2,1-3H3. The summed E-state index contributed by atoms with van der Waals surface area (Å²) in [4.78, 5) is 0. The summed E-state index contributed by atoms with van der Waals surface area (Å²) in [6.07, 6.45) is -4.75. The van der Waals surface area contributed by atoms with Gasteiger partial charge in [-0.25, -0.2) is 0 Å². The fourth-order valence-electron chi connectivity index (χ4n) is 2.11. The number of anilines is 1. The van der Waals surface area contributed by atoms with Gasteiger partial charge in [0, 0.05) is 0 Å². The first-order chi connectivity index (χ1) is 10.1. The molecule has 0 bridgehead atoms. The van der Waals surface area contributed by atoms with Crippen molar-refractivity contribution in [3.05, 3.63) is 48.0 Å². The van der Waals surface area contributed by atoms with E-state index >= 15 is 0 Å². The van der Waals surface area contributed by atoms with Crippen molar-refractivity contribution in [2.45, 2.75) is 32.5 Å². The van der Waals surface area contributed by atoms with Crippen molar-refractivity contribution >= 4 is 5.69 Å². The summed E-state index contributed by atoms with van der Waals surface area (Å²) in [5.74, 6) is -0.387. The number of nitrogen functional groups attached to an aromatic ring is 1. The Hall–Kier alpha value is -2.17. The number of rotatable bonds is 2. The van der Waals surface area contributed by atoms with Gasteiger partial charge in [0.15, 0.2) is 5.75 Å². The predicted molar refractivity (Wildman–Crippen MR) is 81.7 cm³/mol. The molecule has 5 heteroatoms. The molecule has 0 unspecified atom stereocenters. The van der Waals surface area contributed by atoms with E-state index in [1.807, 2.05) is 24.3 Å². The number of alkyl halides is 3. The van der Waals surface area contributed by atoms with Gasteiger partial charge in [-0.3, -0.25) is 0 Å². The van der Waals surface area contributed by atoms with Crippen molar-refractivity contribution in [2.24, 2.45) is 0 Å². The zero-order chi connectivity index (χ0) is 16.5. The third-order valence-corrected chi connectivity index (χ3v) is 3.32. The molecule has 118 valence electrons. The lowest BCUT2D eigenvalue weighted by Gasteiger charge is -2.19. The van der Waals surface area contributed by atoms with Crippen molar-refractivity contribution in [1.82, 2.24) is 0 Å². The van der Waals surface area contributed by atoms with Gasteiger partial charge in [0.05, 0.1) is 5.69 Å². The van der Waals surface area contributed by atoms with Crippen LogP contribution in [-0.4, -0.2) is 6.36 Å². The summed E-state index contributed by atoms with van der Waals surface area (Å²) in [7, 11) is 0. The Morgan fingerprint density at radius 2 is 1.41 bits per heavy atom. The zero-order valence-corrected chi connectivity index (χ0v) is 12.7. The quantitative estimate of drug-likeness (QED) is 0.780. The SMILES string of the molecule is CC(C)(C)c1ccc(-c2ccc(OC(F)(F)F)c(N)c2)cc1. The molecule has 0 aliphatic heterocycles. The van der Waals surface area contributed by atoms with E-state index in [1.54, 1.807) is 6.07 Å². The molecule has 0 saturated heterocycles. The van der Waals surface area contributed by atoms with Crippen molar-refractivity contribution in [3.63, 3.8) is 0 Å². The number of benzene rings is 2. The molecule has 0 atom stereocenters. The van der Waals surface area contributed by atoms with Crippen LogP contribution in [0.2, 0.25) is 0 Å². The number of ether oxygens (including phenoxy) is 1. The molecule has 0 spiro atoms. The average Bonchev–Trinajstić information content (AvgIpc) is 2.39. The minimum absolute atomic E-state index is 0.0436. The fourth-order valence-corrected chi connectivity index (χ4v) is 2.11. The van der Waals surface area contributed by atoms with E-state index in [-0.39, 0.29) is 16.9 Å². The van der Waals surface area contributed by atoms with E-state index in [0.717, 1.165) is 11.1 Å². The second-order valence-electron chi connectivity index (χ2n) is 6.13. The van der Waals surface area contributed by atoms with E-state index < -0.39 is 6.36 Å². The Balaban J connectivity index is 2.29. The Kier molecular flexibility index (Phi) is 4.09. The lowest BCUT2D eigenvalue weighted by molar-refractivity contribution is -0.274. The summed E-state index contributed by atoms with van der Waals surface area (Å²) in [5, 5.41) is 0. The van der Waals surface area contributed by atoms with Gasteiger partial charge in [-0.2, -0.15) is 0 Å². The molecule has 0 aromatic heterocycles. The molecule has 0 amide bonds. The van der Waals surface area contributed by atoms with Crippen LogP contribution in [0.15, 0.2) is 42.5 Å². The van der Waals surface area contributed by atoms with Gasteiger partial charge < -0.3 is 10.5 Å². The predicted octanol–water partition coefficient (Wildman–Crippen LogP) is 5.13. The van der Waals surface area contributed by atoms with Crippen LogP contribution in [0.5, 0.6) is 5.75 Å². The Bertz CT molecular complexity index is 655. The molecular formula is C17H18F3NO. The molecule has 0 aliphatic carbocycles. The molecule has 0 heterocycles. The molecular weight excluding hydrogens is 291 g/mol. The minimum atomic E-state index is -4.75. The first-order valence-corrected chi connectivity index (χ1v) is 6.82. The number of halogens is 3. The second kappa shape index (κ2) is 5.55. The highest BCUT2D eigenvalue weighted by atomic mass is 19.4. The van der Waals surface area contributed by atoms with Crippen LogP contribution in [0.4, 0.5) is 18.9 Å². The molecule has 0 aliphatic rings. The van der Waals surface area contributed by atoms with Gasteiger partial charge in [-0.15, -0.1) is 13.2 Å². The monoisotopic (exact) mass is 309 g/mol. The van der Waals surface area contributed by atoms with E-state index in [9.17, 15) is 13.2 Å². The van der Waals surface area contributed by atoms with Gasteiger partial charge in [0.1, 0.15) is 0 Å². The van der Waals surface area contributed by atoms with Gasteiger partial charge in [0.25, 0.3) is 0 Å². The van der Waals surface area contributed by atoms with Gasteiger partial charge in [-0.05, 0) is 34.2 Å². The smallest absolute Gasteiger partial charge is 0.404 e. The van der Waals surface area contributed by atoms with Crippen LogP contribution in [0.1, 0.15) is 26.3 Å². The van der Waals surface area contributed by atoms with Crippen LogP contribution in [0.3, 0.4) is 0 Å². The summed E-state index contributed by atoms with van der Waals surface area (Å²) < 4.78 is 40.5. The Morgan fingerprint density at radius 3 is 1.86 bits per heavy atom. The third-order valence-electron chi connectivity index (χ3n) is 3.32. The van der Waals surface area contributed by atoms with Crippen LogP contribution in [0, 0.1) is 0 Å². The van der Waals surface area contributed by atoms with E-state index in [4.69, 9.17) is 5.73 Å². The minimum Gasteiger partial charge on any atom is -0.404 e. The molecule has 2 aromatic rings. The average molecular weight is 309 g/mol. The summed E-state index contributed by atoms with van der Waals surface area (Å²) in [6, 6.07) is 12.1. The highest BCUT2D eigenvalue weighted by Crippen LogP contribution is 2.33. The second-order valence-corrected chi connectivity index (χ2v) is 6.13. The summed E-state index contributed by atoms with van der Waals surface area (Å²) in [5.41, 5.74) is 8.45.